The maximum atomic E-state index is 12.5. The number of amides is 2. The van der Waals surface area contributed by atoms with Crippen LogP contribution in [0.25, 0.3) is 22.2 Å². The van der Waals surface area contributed by atoms with Gasteiger partial charge in [0.25, 0.3) is 0 Å². The lowest BCUT2D eigenvalue weighted by molar-refractivity contribution is 0.192. The van der Waals surface area contributed by atoms with Crippen LogP contribution < -0.4 is 10.6 Å². The maximum Gasteiger partial charge on any atom is 0.317 e. The van der Waals surface area contributed by atoms with E-state index in [1.807, 2.05) is 18.0 Å². The fourth-order valence-electron chi connectivity index (χ4n) is 5.22. The number of aromatic nitrogens is 2. The maximum absolute atomic E-state index is 12.5. The number of fused-ring (bicyclic) bond motifs is 2. The van der Waals surface area contributed by atoms with E-state index in [4.69, 9.17) is 4.98 Å². The van der Waals surface area contributed by atoms with E-state index >= 15 is 0 Å². The zero-order chi connectivity index (χ0) is 22.2. The monoisotopic (exact) mass is 431 g/mol. The Labute approximate surface area is 189 Å². The summed E-state index contributed by atoms with van der Waals surface area (Å²) < 4.78 is 0. The van der Waals surface area contributed by atoms with E-state index in [2.05, 4.69) is 53.9 Å². The minimum Gasteiger partial charge on any atom is -0.346 e. The molecule has 1 fully saturated rings. The molecule has 0 bridgehead atoms. The van der Waals surface area contributed by atoms with Gasteiger partial charge in [0.15, 0.2) is 0 Å². The molecule has 3 aromatic rings. The number of benzene rings is 1. The number of aromatic amines is 1. The van der Waals surface area contributed by atoms with Crippen molar-refractivity contribution in [1.29, 1.82) is 0 Å². The van der Waals surface area contributed by atoms with Gasteiger partial charge in [-0.15, -0.1) is 0 Å². The van der Waals surface area contributed by atoms with E-state index < -0.39 is 0 Å². The van der Waals surface area contributed by atoms with Gasteiger partial charge in [-0.25, -0.2) is 9.78 Å². The fourth-order valence-corrected chi connectivity index (χ4v) is 5.22. The summed E-state index contributed by atoms with van der Waals surface area (Å²) in [5.41, 5.74) is 8.68. The van der Waals surface area contributed by atoms with Gasteiger partial charge in [0.1, 0.15) is 5.65 Å². The fraction of sp³-hybridized carbons (Fsp3) is 0.462. The predicted molar refractivity (Wildman–Crippen MR) is 129 cm³/mol. The summed E-state index contributed by atoms with van der Waals surface area (Å²) in [4.78, 5) is 22.5. The molecule has 32 heavy (non-hydrogen) atoms. The van der Waals surface area contributed by atoms with Crippen LogP contribution in [0.5, 0.6) is 0 Å². The molecule has 168 valence electrons. The number of nitrogens with one attached hydrogen (secondary N) is 3. The van der Waals surface area contributed by atoms with Crippen LogP contribution in [0.1, 0.15) is 67.8 Å². The average molecular weight is 432 g/mol. The summed E-state index contributed by atoms with van der Waals surface area (Å²) in [5, 5.41) is 7.85. The van der Waals surface area contributed by atoms with E-state index in [-0.39, 0.29) is 6.03 Å². The van der Waals surface area contributed by atoms with Crippen molar-refractivity contribution in [3.8, 4) is 11.1 Å². The highest BCUT2D eigenvalue weighted by Crippen LogP contribution is 2.36. The molecule has 4 heterocycles. The number of carbonyl (C=O) groups is 1. The highest BCUT2D eigenvalue weighted by Gasteiger charge is 2.27. The molecular formula is C26H33N5O. The number of rotatable bonds is 4. The number of urea groups is 1. The van der Waals surface area contributed by atoms with Crippen molar-refractivity contribution in [1.82, 2.24) is 25.5 Å². The first-order valence-electron chi connectivity index (χ1n) is 11.9. The second-order valence-electron chi connectivity index (χ2n) is 9.38. The molecule has 2 aliphatic heterocycles. The largest absolute Gasteiger partial charge is 0.346 e. The van der Waals surface area contributed by atoms with Crippen molar-refractivity contribution in [3.63, 3.8) is 0 Å². The van der Waals surface area contributed by atoms with Gasteiger partial charge in [0.05, 0.1) is 0 Å². The number of nitrogens with zero attached hydrogens (tertiary/aromatic N) is 2. The van der Waals surface area contributed by atoms with Gasteiger partial charge in [0.2, 0.25) is 0 Å². The van der Waals surface area contributed by atoms with E-state index in [0.29, 0.717) is 25.0 Å². The number of hydrogen-bond acceptors (Lipinski definition) is 3. The van der Waals surface area contributed by atoms with Crippen molar-refractivity contribution in [2.75, 3.05) is 19.6 Å². The molecule has 6 heteroatoms. The molecule has 5 rings (SSSR count). The molecule has 1 saturated heterocycles. The number of carbonyl (C=O) groups excluding carboxylic acids is 1. The van der Waals surface area contributed by atoms with Gasteiger partial charge in [-0.2, -0.15) is 0 Å². The highest BCUT2D eigenvalue weighted by molar-refractivity contribution is 5.85. The van der Waals surface area contributed by atoms with E-state index in [1.165, 1.54) is 39.6 Å². The lowest BCUT2D eigenvalue weighted by Gasteiger charge is -2.32. The Hall–Kier alpha value is -2.86. The normalized spacial score (nSPS) is 18.4. The summed E-state index contributed by atoms with van der Waals surface area (Å²) in [6.07, 6.45) is 7.29. The van der Waals surface area contributed by atoms with Crippen LogP contribution in [0.3, 0.4) is 0 Å². The van der Waals surface area contributed by atoms with Gasteiger partial charge in [-0.05, 0) is 78.6 Å². The lowest BCUT2D eigenvalue weighted by atomic mass is 9.87. The molecule has 2 amide bonds. The summed E-state index contributed by atoms with van der Waals surface area (Å²) in [5.74, 6) is 0.447. The predicted octanol–water partition coefficient (Wildman–Crippen LogP) is 4.87. The molecule has 1 aromatic carbocycles. The Kier molecular flexibility index (Phi) is 5.64. The van der Waals surface area contributed by atoms with Crippen LogP contribution in [0, 0.1) is 0 Å². The summed E-state index contributed by atoms with van der Waals surface area (Å²) in [6, 6.07) is 7.34. The SMILES string of the molecule is CCNC(=O)N1CCc2cc(-c3cnc4[nH]cc(C(C)C)c4c3)cc([C@@H]3CCCN3)c2C1. The first-order valence-corrected chi connectivity index (χ1v) is 11.9. The Morgan fingerprint density at radius 1 is 1.28 bits per heavy atom. The molecule has 0 aliphatic carbocycles. The molecule has 2 aliphatic rings. The van der Waals surface area contributed by atoms with Gasteiger partial charge < -0.3 is 20.5 Å². The highest BCUT2D eigenvalue weighted by atomic mass is 16.2. The molecule has 6 nitrogen and oxygen atoms in total. The molecule has 1 atom stereocenters. The first kappa shape index (κ1) is 21.0. The second kappa shape index (κ2) is 8.58. The molecular weight excluding hydrogens is 398 g/mol. The van der Waals surface area contributed by atoms with Crippen LogP contribution in [0.2, 0.25) is 0 Å². The molecule has 0 spiro atoms. The van der Waals surface area contributed by atoms with Crippen molar-refractivity contribution < 1.29 is 4.79 Å². The minimum atomic E-state index is 0.0379. The van der Waals surface area contributed by atoms with E-state index in [9.17, 15) is 4.79 Å². The van der Waals surface area contributed by atoms with Crippen molar-refractivity contribution in [2.45, 2.75) is 58.5 Å². The van der Waals surface area contributed by atoms with Crippen LogP contribution in [-0.4, -0.2) is 40.5 Å². The zero-order valence-electron chi connectivity index (χ0n) is 19.3. The summed E-state index contributed by atoms with van der Waals surface area (Å²) >= 11 is 0. The third-order valence-electron chi connectivity index (χ3n) is 6.95. The van der Waals surface area contributed by atoms with Crippen molar-refractivity contribution in [3.05, 3.63) is 52.8 Å². The molecule has 0 saturated carbocycles. The third kappa shape index (κ3) is 3.77. The van der Waals surface area contributed by atoms with Gasteiger partial charge in [0, 0.05) is 49.0 Å². The zero-order valence-corrected chi connectivity index (χ0v) is 19.3. The summed E-state index contributed by atoms with van der Waals surface area (Å²) in [6.45, 7) is 9.56. The van der Waals surface area contributed by atoms with Crippen molar-refractivity contribution in [2.24, 2.45) is 0 Å². The molecule has 3 N–H and O–H groups in total. The quantitative estimate of drug-likeness (QED) is 0.552. The average Bonchev–Trinajstić information content (AvgIpc) is 3.48. The Morgan fingerprint density at radius 2 is 2.16 bits per heavy atom. The van der Waals surface area contributed by atoms with Crippen LogP contribution in [-0.2, 0) is 13.0 Å². The van der Waals surface area contributed by atoms with Crippen LogP contribution in [0.15, 0.2) is 30.6 Å². The van der Waals surface area contributed by atoms with Gasteiger partial charge in [-0.3, -0.25) is 0 Å². The minimum absolute atomic E-state index is 0.0379. The van der Waals surface area contributed by atoms with E-state index in [0.717, 1.165) is 37.1 Å². The Morgan fingerprint density at radius 3 is 2.91 bits per heavy atom. The van der Waals surface area contributed by atoms with Gasteiger partial charge >= 0.3 is 6.03 Å². The van der Waals surface area contributed by atoms with Gasteiger partial charge in [-0.1, -0.05) is 19.9 Å². The van der Waals surface area contributed by atoms with Crippen molar-refractivity contribution >= 4 is 17.1 Å². The van der Waals surface area contributed by atoms with Crippen LogP contribution >= 0.6 is 0 Å². The van der Waals surface area contributed by atoms with Crippen LogP contribution in [0.4, 0.5) is 4.79 Å². The summed E-state index contributed by atoms with van der Waals surface area (Å²) in [7, 11) is 0. The molecule has 0 radical (unpaired) electrons. The second-order valence-corrected chi connectivity index (χ2v) is 9.38. The third-order valence-corrected chi connectivity index (χ3v) is 6.95. The lowest BCUT2D eigenvalue weighted by Crippen LogP contribution is -2.43. The smallest absolute Gasteiger partial charge is 0.317 e. The number of H-pyrrole nitrogens is 1. The van der Waals surface area contributed by atoms with E-state index in [1.54, 1.807) is 0 Å². The standard InChI is InChI=1S/C26H33N5O/c1-4-27-26(32)31-9-7-17-10-18(11-20(23(17)15-31)24-6-5-8-28-24)19-12-21-22(16(2)3)14-30-25(21)29-13-19/h10-14,16,24,28H,4-9,15H2,1-3H3,(H,27,32)(H,29,30)/t24-/m0/s1. The number of pyridine rings is 1. The molecule has 0 unspecified atom stereocenters. The molecule has 2 aromatic heterocycles. The number of hydrogen-bond donors (Lipinski definition) is 3. The first-order chi connectivity index (χ1) is 15.5. The Bertz CT molecular complexity index is 1140. The Balaban J connectivity index is 1.58. The topological polar surface area (TPSA) is 73.0 Å².